The molecular formula is C48H43F2N9O7. The van der Waals surface area contributed by atoms with Gasteiger partial charge in [0, 0.05) is 30.8 Å². The number of carbonyl (C=O) groups excluding carboxylic acids is 5. The van der Waals surface area contributed by atoms with Gasteiger partial charge in [0.1, 0.15) is 47.1 Å². The maximum absolute atomic E-state index is 13.4. The van der Waals surface area contributed by atoms with E-state index in [1.165, 1.54) is 30.3 Å². The summed E-state index contributed by atoms with van der Waals surface area (Å²) in [5.74, 6) is -3.96. The number of fused-ring (bicyclic) bond motifs is 2. The first-order valence-corrected chi connectivity index (χ1v) is 20.7. The van der Waals surface area contributed by atoms with Crippen molar-refractivity contribution < 1.29 is 42.7 Å². The molecule has 8 rings (SSSR count). The lowest BCUT2D eigenvalue weighted by Crippen LogP contribution is -2.29. The van der Waals surface area contributed by atoms with Crippen molar-refractivity contribution in [3.63, 3.8) is 0 Å². The summed E-state index contributed by atoms with van der Waals surface area (Å²) >= 11 is 0. The number of carboxylic acid groups (broad SMARTS) is 1. The van der Waals surface area contributed by atoms with Crippen LogP contribution in [0.15, 0.2) is 97.6 Å². The fraction of sp³-hybridized carbons (Fsp3) is 0.208. The summed E-state index contributed by atoms with van der Waals surface area (Å²) in [4.78, 5) is 88.9. The Hall–Kier alpha value is -8.28. The maximum Gasteiger partial charge on any atom is 0.335 e. The molecule has 0 radical (unpaired) electrons. The summed E-state index contributed by atoms with van der Waals surface area (Å²) < 4.78 is 26.8. The predicted octanol–water partition coefficient (Wildman–Crippen LogP) is 5.34. The highest BCUT2D eigenvalue weighted by Crippen LogP contribution is 2.33. The van der Waals surface area contributed by atoms with E-state index < -0.39 is 35.5 Å². The lowest BCUT2D eigenvalue weighted by molar-refractivity contribution is 0.0695. The number of aryl methyl sites for hydroxylation is 4. The summed E-state index contributed by atoms with van der Waals surface area (Å²) in [6.07, 6.45) is 4.99. The highest BCUT2D eigenvalue weighted by Gasteiger charge is 2.28. The van der Waals surface area contributed by atoms with Crippen molar-refractivity contribution in [1.29, 1.82) is 0 Å². The topological polar surface area (TPSA) is 248 Å². The van der Waals surface area contributed by atoms with Gasteiger partial charge in [0.05, 0.1) is 17.6 Å². The van der Waals surface area contributed by atoms with Crippen LogP contribution in [0.2, 0.25) is 0 Å². The van der Waals surface area contributed by atoms with E-state index in [-0.39, 0.29) is 65.1 Å². The molecule has 0 aliphatic heterocycles. The number of rotatable bonds is 12. The summed E-state index contributed by atoms with van der Waals surface area (Å²) in [7, 11) is 0. The average Bonchev–Trinajstić information content (AvgIpc) is 3.92. The Labute approximate surface area is 376 Å². The first-order valence-electron chi connectivity index (χ1n) is 20.7. The van der Waals surface area contributed by atoms with Gasteiger partial charge >= 0.3 is 5.97 Å². The summed E-state index contributed by atoms with van der Waals surface area (Å²) in [5, 5.41) is 20.4. The number of nitrogens with zero attached hydrogens (tertiary/aromatic N) is 4. The van der Waals surface area contributed by atoms with Crippen LogP contribution >= 0.6 is 0 Å². The van der Waals surface area contributed by atoms with Crippen LogP contribution in [0, 0.1) is 25.5 Å². The summed E-state index contributed by atoms with van der Waals surface area (Å²) in [6, 6.07) is 21.3. The normalized spacial score (nSPS) is 14.4. The Kier molecular flexibility index (Phi) is 13.9. The van der Waals surface area contributed by atoms with E-state index in [0.29, 0.717) is 42.4 Å². The molecule has 0 fully saturated rings. The highest BCUT2D eigenvalue weighted by atomic mass is 19.1. The molecule has 5 amide bonds. The van der Waals surface area contributed by atoms with Crippen molar-refractivity contribution in [2.75, 3.05) is 0 Å². The molecule has 7 N–H and O–H groups in total. The number of amides is 5. The molecule has 2 aliphatic carbocycles. The molecule has 4 aromatic carbocycles. The predicted molar refractivity (Wildman–Crippen MR) is 234 cm³/mol. The van der Waals surface area contributed by atoms with Crippen molar-refractivity contribution in [3.05, 3.63) is 188 Å². The quantitative estimate of drug-likeness (QED) is 0.0915. The largest absolute Gasteiger partial charge is 0.478 e. The lowest BCUT2D eigenvalue weighted by Gasteiger charge is -2.14. The third-order valence-electron chi connectivity index (χ3n) is 11.2. The fourth-order valence-corrected chi connectivity index (χ4v) is 7.68. The number of primary amides is 1. The highest BCUT2D eigenvalue weighted by molar-refractivity contribution is 5.98. The number of benzene rings is 4. The van der Waals surface area contributed by atoms with Gasteiger partial charge in [-0.25, -0.2) is 33.5 Å². The zero-order valence-electron chi connectivity index (χ0n) is 35.7. The Bertz CT molecular complexity index is 2720. The van der Waals surface area contributed by atoms with Crippen LogP contribution in [-0.2, 0) is 25.9 Å². The molecule has 2 aliphatic rings. The van der Waals surface area contributed by atoms with Crippen LogP contribution in [0.3, 0.4) is 0 Å². The molecule has 6 aromatic rings. The number of carboxylic acids is 1. The molecule has 2 atom stereocenters. The molecule has 0 saturated heterocycles. The first kappa shape index (κ1) is 45.7. The van der Waals surface area contributed by atoms with Crippen LogP contribution in [-0.4, -0.2) is 60.5 Å². The van der Waals surface area contributed by atoms with Gasteiger partial charge in [-0.1, -0.05) is 36.4 Å². The van der Waals surface area contributed by atoms with Crippen molar-refractivity contribution in [1.82, 2.24) is 41.2 Å². The second-order valence-electron chi connectivity index (χ2n) is 15.7. The number of carbonyl (C=O) groups is 6. The smallest absolute Gasteiger partial charge is 0.335 e. The van der Waals surface area contributed by atoms with Gasteiger partial charge in [0.2, 0.25) is 5.91 Å². The van der Waals surface area contributed by atoms with Crippen LogP contribution in [0.25, 0.3) is 0 Å². The van der Waals surface area contributed by atoms with E-state index >= 15 is 0 Å². The molecule has 0 bridgehead atoms. The third kappa shape index (κ3) is 10.9. The molecule has 0 unspecified atom stereocenters. The number of hydrogen-bond acceptors (Lipinski definition) is 10. The minimum Gasteiger partial charge on any atom is -0.478 e. The molecular weight excluding hydrogens is 853 g/mol. The number of aromatic carboxylic acids is 1. The second-order valence-corrected chi connectivity index (χ2v) is 15.7. The molecule has 2 aromatic heterocycles. The second kappa shape index (κ2) is 20.0. The van der Waals surface area contributed by atoms with E-state index in [2.05, 4.69) is 41.2 Å². The molecule has 66 heavy (non-hydrogen) atoms. The van der Waals surface area contributed by atoms with Gasteiger partial charge in [0.25, 0.3) is 23.6 Å². The van der Waals surface area contributed by atoms with Crippen molar-refractivity contribution >= 4 is 35.5 Å². The molecule has 336 valence electrons. The molecule has 16 nitrogen and oxygen atoms in total. The van der Waals surface area contributed by atoms with Gasteiger partial charge in [-0.3, -0.25) is 24.0 Å². The van der Waals surface area contributed by atoms with Gasteiger partial charge in [-0.05, 0) is 120 Å². The molecule has 2 heterocycles. The van der Waals surface area contributed by atoms with Crippen LogP contribution in [0.4, 0.5) is 8.78 Å². The van der Waals surface area contributed by atoms with E-state index in [0.717, 1.165) is 46.0 Å². The first-order chi connectivity index (χ1) is 31.6. The lowest BCUT2D eigenvalue weighted by atomic mass is 10.0. The number of nitrogens with two attached hydrogens (primary N) is 1. The minimum absolute atomic E-state index is 0.0342. The molecule has 18 heteroatoms. The van der Waals surface area contributed by atoms with Crippen molar-refractivity contribution in [3.8, 4) is 0 Å². The van der Waals surface area contributed by atoms with Crippen LogP contribution in [0.1, 0.15) is 132 Å². The SMILES string of the molecule is Cc1cc(CNC(=O)c2cc(C(=O)N[C@H]3CCc4cc(C(=O)O)ccc43)ncn2)ccc1F.Cc1cc(CNC(=O)c2cc(C(=O)N[C@H]3CCc4cc(C(N)=O)ccc43)ncn2)ccc1F. The fourth-order valence-electron chi connectivity index (χ4n) is 7.68. The minimum atomic E-state index is -0.994. The zero-order valence-corrected chi connectivity index (χ0v) is 35.7. The Morgan fingerprint density at radius 3 is 1.39 bits per heavy atom. The Morgan fingerprint density at radius 2 is 0.985 bits per heavy atom. The Balaban J connectivity index is 0.000000196. The number of nitrogens with one attached hydrogen (secondary N) is 4. The van der Waals surface area contributed by atoms with Gasteiger partial charge in [0.15, 0.2) is 0 Å². The zero-order chi connectivity index (χ0) is 47.1. The van der Waals surface area contributed by atoms with Crippen LogP contribution in [0.5, 0.6) is 0 Å². The van der Waals surface area contributed by atoms with Gasteiger partial charge in [-0.2, -0.15) is 0 Å². The van der Waals surface area contributed by atoms with E-state index in [1.807, 2.05) is 0 Å². The van der Waals surface area contributed by atoms with Gasteiger partial charge < -0.3 is 32.1 Å². The summed E-state index contributed by atoms with van der Waals surface area (Å²) in [6.45, 7) is 3.67. The van der Waals surface area contributed by atoms with Crippen molar-refractivity contribution in [2.24, 2.45) is 5.73 Å². The average molecular weight is 896 g/mol. The molecule has 0 spiro atoms. The Morgan fingerprint density at radius 1 is 0.576 bits per heavy atom. The standard InChI is InChI=1S/C24H22FN5O3.C24H21FN4O4/c1-13-8-14(2-6-18(13)25)11-27-23(32)20-10-21(29-12-28-20)24(33)30-19-7-4-15-9-16(22(26)31)3-5-17(15)19;1-13-8-14(2-6-18(13)25)11-26-22(30)20-10-21(28-12-27-20)23(31)29-19-7-4-15-9-16(24(32)33)3-5-17(15)19/h2-3,5-6,8-10,12,19H,4,7,11H2,1H3,(H2,26,31)(H,27,32)(H,30,33);2-3,5-6,8-10,12,19H,4,7,11H2,1H3,(H,26,30)(H,29,31)(H,32,33)/t2*19-/m00/s1. The number of aromatic nitrogens is 4. The summed E-state index contributed by atoms with van der Waals surface area (Å²) in [5.41, 5.74) is 12.3. The third-order valence-corrected chi connectivity index (χ3v) is 11.2. The number of hydrogen-bond donors (Lipinski definition) is 6. The van der Waals surface area contributed by atoms with E-state index in [4.69, 9.17) is 10.8 Å². The van der Waals surface area contributed by atoms with E-state index in [1.54, 1.807) is 68.4 Å². The van der Waals surface area contributed by atoms with E-state index in [9.17, 15) is 37.5 Å². The maximum atomic E-state index is 13.4. The van der Waals surface area contributed by atoms with Crippen molar-refractivity contribution in [2.45, 2.75) is 64.7 Å². The van der Waals surface area contributed by atoms with Crippen LogP contribution < -0.4 is 27.0 Å². The monoisotopic (exact) mass is 895 g/mol. The number of halogens is 2. The van der Waals surface area contributed by atoms with Gasteiger partial charge in [-0.15, -0.1) is 0 Å². The molecule has 0 saturated carbocycles.